The maximum Gasteiger partial charge on any atom is 0.252 e. The molecule has 142 valence electrons. The lowest BCUT2D eigenvalue weighted by atomic mass is 9.87. The van der Waals surface area contributed by atoms with Gasteiger partial charge in [0.2, 0.25) is 0 Å². The fraction of sp³-hybridized carbons (Fsp3) is 0.381. The Bertz CT molecular complexity index is 810. The summed E-state index contributed by atoms with van der Waals surface area (Å²) >= 11 is 0. The second-order valence-corrected chi connectivity index (χ2v) is 7.55. The summed E-state index contributed by atoms with van der Waals surface area (Å²) in [5.74, 6) is -1.15. The molecule has 0 aliphatic carbocycles. The Morgan fingerprint density at radius 3 is 2.52 bits per heavy atom. The molecule has 0 aromatic heterocycles. The van der Waals surface area contributed by atoms with Gasteiger partial charge in [0.15, 0.2) is 0 Å². The molecule has 2 aliphatic heterocycles. The molecule has 2 aromatic rings. The summed E-state index contributed by atoms with van der Waals surface area (Å²) < 4.78 is 32.6. The molecule has 6 heteroatoms. The number of hydrogen-bond acceptors (Lipinski definition) is 3. The zero-order chi connectivity index (χ0) is 18.9. The van der Waals surface area contributed by atoms with Gasteiger partial charge in [0.25, 0.3) is 5.91 Å². The fourth-order valence-corrected chi connectivity index (χ4v) is 4.12. The number of carbonyl (C=O) groups excluding carboxylic acids is 1. The Morgan fingerprint density at radius 2 is 1.78 bits per heavy atom. The minimum Gasteiger partial charge on any atom is -0.371 e. The van der Waals surface area contributed by atoms with Crippen molar-refractivity contribution in [1.29, 1.82) is 0 Å². The Balaban J connectivity index is 1.50. The predicted octanol–water partition coefficient (Wildman–Crippen LogP) is 3.22. The molecule has 2 saturated heterocycles. The molecule has 2 heterocycles. The first-order valence-electron chi connectivity index (χ1n) is 9.14. The third-order valence-electron chi connectivity index (χ3n) is 5.34. The van der Waals surface area contributed by atoms with Crippen LogP contribution in [0.2, 0.25) is 0 Å². The number of amides is 1. The highest BCUT2D eigenvalue weighted by molar-refractivity contribution is 5.94. The second kappa shape index (κ2) is 7.37. The number of halogens is 2. The van der Waals surface area contributed by atoms with Gasteiger partial charge in [-0.1, -0.05) is 18.2 Å². The first kappa shape index (κ1) is 18.1. The van der Waals surface area contributed by atoms with E-state index in [1.54, 1.807) is 4.90 Å². The number of rotatable bonds is 3. The summed E-state index contributed by atoms with van der Waals surface area (Å²) in [6.45, 7) is 3.18. The Hall–Kier alpha value is -2.31. The summed E-state index contributed by atoms with van der Waals surface area (Å²) in [6, 6.07) is 13.2. The molecular weight excluding hydrogens is 350 g/mol. The van der Waals surface area contributed by atoms with E-state index in [1.807, 2.05) is 30.3 Å². The largest absolute Gasteiger partial charge is 0.371 e. The van der Waals surface area contributed by atoms with Crippen molar-refractivity contribution in [2.75, 3.05) is 37.7 Å². The van der Waals surface area contributed by atoms with Crippen molar-refractivity contribution in [3.8, 4) is 0 Å². The Kier molecular flexibility index (Phi) is 4.93. The number of carbonyl (C=O) groups is 1. The standard InChI is InChI=1S/C21H22F2N2O2/c22-17-8-16(9-18(23)10-17)11-24-7-6-21(13-24)14-25(20(26)12-27-15-21)19-4-2-1-3-5-19/h1-5,8-10H,6-7,11-15H2. The van der Waals surface area contributed by atoms with E-state index in [9.17, 15) is 13.6 Å². The van der Waals surface area contributed by atoms with E-state index in [0.717, 1.165) is 31.3 Å². The molecule has 2 aliphatic rings. The van der Waals surface area contributed by atoms with Gasteiger partial charge in [-0.15, -0.1) is 0 Å². The normalized spacial score (nSPS) is 23.8. The molecular formula is C21H22F2N2O2. The number of para-hydroxylation sites is 1. The molecule has 1 unspecified atom stereocenters. The van der Waals surface area contributed by atoms with E-state index in [1.165, 1.54) is 12.1 Å². The smallest absolute Gasteiger partial charge is 0.252 e. The van der Waals surface area contributed by atoms with Crippen LogP contribution in [-0.2, 0) is 16.1 Å². The third kappa shape index (κ3) is 4.01. The van der Waals surface area contributed by atoms with Gasteiger partial charge in [0.05, 0.1) is 6.61 Å². The van der Waals surface area contributed by atoms with Crippen LogP contribution in [0.15, 0.2) is 48.5 Å². The highest BCUT2D eigenvalue weighted by Gasteiger charge is 2.43. The van der Waals surface area contributed by atoms with Gasteiger partial charge in [-0.3, -0.25) is 9.69 Å². The molecule has 4 nitrogen and oxygen atoms in total. The van der Waals surface area contributed by atoms with Crippen LogP contribution in [0.5, 0.6) is 0 Å². The lowest BCUT2D eigenvalue weighted by molar-refractivity contribution is -0.122. The number of benzene rings is 2. The van der Waals surface area contributed by atoms with E-state index in [0.29, 0.717) is 25.3 Å². The molecule has 0 saturated carbocycles. The van der Waals surface area contributed by atoms with Crippen LogP contribution in [0.25, 0.3) is 0 Å². The monoisotopic (exact) mass is 372 g/mol. The zero-order valence-electron chi connectivity index (χ0n) is 15.0. The number of ether oxygens (including phenoxy) is 1. The van der Waals surface area contributed by atoms with E-state index in [-0.39, 0.29) is 17.9 Å². The van der Waals surface area contributed by atoms with Gasteiger partial charge in [-0.2, -0.15) is 0 Å². The van der Waals surface area contributed by atoms with Gasteiger partial charge in [0.1, 0.15) is 18.2 Å². The van der Waals surface area contributed by atoms with Gasteiger partial charge < -0.3 is 9.64 Å². The van der Waals surface area contributed by atoms with Gasteiger partial charge >= 0.3 is 0 Å². The topological polar surface area (TPSA) is 32.8 Å². The SMILES string of the molecule is O=C1COCC2(CCN(Cc3cc(F)cc(F)c3)C2)CN1c1ccccc1. The quantitative estimate of drug-likeness (QED) is 0.829. The van der Waals surface area contributed by atoms with Gasteiger partial charge in [-0.25, -0.2) is 8.78 Å². The van der Waals surface area contributed by atoms with E-state index >= 15 is 0 Å². The maximum absolute atomic E-state index is 13.5. The van der Waals surface area contributed by atoms with Gasteiger partial charge in [-0.05, 0) is 42.8 Å². The summed E-state index contributed by atoms with van der Waals surface area (Å²) in [7, 11) is 0. The van der Waals surface area contributed by atoms with Crippen LogP contribution in [0.1, 0.15) is 12.0 Å². The van der Waals surface area contributed by atoms with Crippen molar-refractivity contribution >= 4 is 11.6 Å². The molecule has 0 radical (unpaired) electrons. The number of nitrogens with zero attached hydrogens (tertiary/aromatic N) is 2. The average molecular weight is 372 g/mol. The first-order valence-corrected chi connectivity index (χ1v) is 9.14. The van der Waals surface area contributed by atoms with Crippen molar-refractivity contribution in [1.82, 2.24) is 4.90 Å². The number of hydrogen-bond donors (Lipinski definition) is 0. The molecule has 0 N–H and O–H groups in total. The third-order valence-corrected chi connectivity index (χ3v) is 5.34. The first-order chi connectivity index (χ1) is 13.0. The summed E-state index contributed by atoms with van der Waals surface area (Å²) in [5, 5.41) is 0. The molecule has 0 bridgehead atoms. The molecule has 1 spiro atoms. The van der Waals surface area contributed by atoms with Crippen molar-refractivity contribution in [2.45, 2.75) is 13.0 Å². The van der Waals surface area contributed by atoms with Crippen LogP contribution < -0.4 is 4.90 Å². The maximum atomic E-state index is 13.5. The summed E-state index contributed by atoms with van der Waals surface area (Å²) in [4.78, 5) is 16.5. The summed E-state index contributed by atoms with van der Waals surface area (Å²) in [5.41, 5.74) is 1.32. The number of anilines is 1. The van der Waals surface area contributed by atoms with Crippen molar-refractivity contribution < 1.29 is 18.3 Å². The highest BCUT2D eigenvalue weighted by atomic mass is 19.1. The molecule has 1 amide bonds. The molecule has 27 heavy (non-hydrogen) atoms. The Morgan fingerprint density at radius 1 is 1.04 bits per heavy atom. The Labute approximate surface area is 157 Å². The van der Waals surface area contributed by atoms with Crippen LogP contribution in [0.4, 0.5) is 14.5 Å². The molecule has 2 aromatic carbocycles. The van der Waals surface area contributed by atoms with E-state index < -0.39 is 11.6 Å². The minimum absolute atomic E-state index is 0.0382. The average Bonchev–Trinajstić information content (AvgIpc) is 2.94. The lowest BCUT2D eigenvalue weighted by Crippen LogP contribution is -2.42. The van der Waals surface area contributed by atoms with Crippen molar-refractivity contribution in [3.63, 3.8) is 0 Å². The lowest BCUT2D eigenvalue weighted by Gasteiger charge is -2.32. The van der Waals surface area contributed by atoms with Gasteiger partial charge in [0, 0.05) is 36.8 Å². The van der Waals surface area contributed by atoms with Crippen LogP contribution in [-0.4, -0.2) is 43.7 Å². The molecule has 4 rings (SSSR count). The predicted molar refractivity (Wildman–Crippen MR) is 98.3 cm³/mol. The van der Waals surface area contributed by atoms with E-state index in [4.69, 9.17) is 4.74 Å². The fourth-order valence-electron chi connectivity index (χ4n) is 4.12. The van der Waals surface area contributed by atoms with Crippen LogP contribution in [0, 0.1) is 17.0 Å². The minimum atomic E-state index is -0.558. The second-order valence-electron chi connectivity index (χ2n) is 7.55. The summed E-state index contributed by atoms with van der Waals surface area (Å²) in [6.07, 6.45) is 0.876. The van der Waals surface area contributed by atoms with Crippen molar-refractivity contribution in [3.05, 3.63) is 65.7 Å². The molecule has 1 atom stereocenters. The highest BCUT2D eigenvalue weighted by Crippen LogP contribution is 2.36. The number of likely N-dealkylation sites (tertiary alicyclic amines) is 1. The van der Waals surface area contributed by atoms with Crippen LogP contribution >= 0.6 is 0 Å². The van der Waals surface area contributed by atoms with Crippen molar-refractivity contribution in [2.24, 2.45) is 5.41 Å². The van der Waals surface area contributed by atoms with Crippen LogP contribution in [0.3, 0.4) is 0 Å². The zero-order valence-corrected chi connectivity index (χ0v) is 15.0. The molecule has 2 fully saturated rings. The van der Waals surface area contributed by atoms with E-state index in [2.05, 4.69) is 4.90 Å².